The minimum Gasteiger partial charge on any atom is -0.466 e. The van der Waals surface area contributed by atoms with E-state index in [4.69, 9.17) is 37.1 Å². The van der Waals surface area contributed by atoms with Crippen LogP contribution in [0.1, 0.15) is 82.1 Å². The van der Waals surface area contributed by atoms with Crippen molar-refractivity contribution in [3.05, 3.63) is 63.8 Å². The molecule has 0 radical (unpaired) electrons. The second-order valence-corrected chi connectivity index (χ2v) is 15.7. The highest BCUT2D eigenvalue weighted by Gasteiger charge is 2.53. The fraction of sp³-hybridized carbons (Fsp3) is 0.564. The predicted molar refractivity (Wildman–Crippen MR) is 199 cm³/mol. The van der Waals surface area contributed by atoms with Crippen LogP contribution in [0.4, 0.5) is 5.69 Å². The van der Waals surface area contributed by atoms with Crippen LogP contribution in [0.15, 0.2) is 47.1 Å². The third kappa shape index (κ3) is 8.16. The molecule has 1 atom stereocenters. The van der Waals surface area contributed by atoms with E-state index >= 15 is 4.79 Å². The molecule has 6 rings (SSSR count). The van der Waals surface area contributed by atoms with Gasteiger partial charge in [0, 0.05) is 61.6 Å². The van der Waals surface area contributed by atoms with Gasteiger partial charge in [0.05, 0.1) is 34.9 Å². The van der Waals surface area contributed by atoms with Crippen molar-refractivity contribution in [1.29, 1.82) is 0 Å². The number of halogens is 2. The van der Waals surface area contributed by atoms with Gasteiger partial charge in [0.1, 0.15) is 11.8 Å². The van der Waals surface area contributed by atoms with E-state index in [-0.39, 0.29) is 46.7 Å². The molecule has 1 N–H and O–H groups in total. The number of amides is 1. The topological polar surface area (TPSA) is 105 Å². The molecule has 276 valence electrons. The fourth-order valence-corrected chi connectivity index (χ4v) is 8.29. The number of furan rings is 1. The number of piperazine rings is 1. The van der Waals surface area contributed by atoms with Gasteiger partial charge in [-0.3, -0.25) is 29.1 Å². The Morgan fingerprint density at radius 2 is 1.53 bits per heavy atom. The summed E-state index contributed by atoms with van der Waals surface area (Å²) in [6.07, 6.45) is 5.83. The molecule has 3 fully saturated rings. The van der Waals surface area contributed by atoms with E-state index in [1.807, 2.05) is 25.1 Å². The third-order valence-corrected chi connectivity index (χ3v) is 11.3. The number of hydrogen-bond donors (Lipinski definition) is 1. The van der Waals surface area contributed by atoms with Gasteiger partial charge in [-0.25, -0.2) is 0 Å². The Balaban J connectivity index is 1.27. The quantitative estimate of drug-likeness (QED) is 0.201. The molecule has 1 unspecified atom stereocenters. The van der Waals surface area contributed by atoms with Gasteiger partial charge in [0.25, 0.3) is 5.91 Å². The zero-order valence-electron chi connectivity index (χ0n) is 30.1. The number of nitrogens with zero attached hydrogens (tertiary/aromatic N) is 3. The number of likely N-dealkylation sites (tertiary alicyclic amines) is 1. The molecule has 51 heavy (non-hydrogen) atoms. The molecule has 0 spiro atoms. The Hall–Kier alpha value is -2.99. The first-order valence-corrected chi connectivity index (χ1v) is 19.0. The molecule has 12 heteroatoms. The van der Waals surface area contributed by atoms with Gasteiger partial charge in [0.15, 0.2) is 5.78 Å². The van der Waals surface area contributed by atoms with E-state index in [1.54, 1.807) is 18.2 Å². The van der Waals surface area contributed by atoms with Crippen molar-refractivity contribution in [2.45, 2.75) is 90.1 Å². The van der Waals surface area contributed by atoms with E-state index < -0.39 is 5.85 Å². The monoisotopic (exact) mass is 740 g/mol. The number of esters is 1. The van der Waals surface area contributed by atoms with Crippen molar-refractivity contribution >= 4 is 57.5 Å². The summed E-state index contributed by atoms with van der Waals surface area (Å²) < 4.78 is 18.0. The van der Waals surface area contributed by atoms with Gasteiger partial charge in [-0.2, -0.15) is 0 Å². The van der Waals surface area contributed by atoms with Crippen LogP contribution in [0, 0.1) is 5.92 Å². The van der Waals surface area contributed by atoms with Crippen LogP contribution in [-0.4, -0.2) is 95.7 Å². The normalized spacial score (nSPS) is 22.2. The van der Waals surface area contributed by atoms with E-state index in [2.05, 4.69) is 40.8 Å². The molecule has 3 heterocycles. The molecule has 1 aromatic heterocycles. The van der Waals surface area contributed by atoms with Crippen molar-refractivity contribution in [3.8, 4) is 0 Å². The molecule has 1 aliphatic carbocycles. The van der Waals surface area contributed by atoms with Gasteiger partial charge < -0.3 is 19.2 Å². The average molecular weight is 742 g/mol. The first-order chi connectivity index (χ1) is 24.4. The highest BCUT2D eigenvalue weighted by Crippen LogP contribution is 2.38. The smallest absolute Gasteiger partial charge is 0.308 e. The Morgan fingerprint density at radius 3 is 2.20 bits per heavy atom. The van der Waals surface area contributed by atoms with Gasteiger partial charge in [-0.05, 0) is 90.0 Å². The van der Waals surface area contributed by atoms with Crippen LogP contribution in [0.3, 0.4) is 0 Å². The van der Waals surface area contributed by atoms with E-state index in [0.29, 0.717) is 78.2 Å². The van der Waals surface area contributed by atoms with E-state index in [9.17, 15) is 9.59 Å². The molecule has 2 saturated heterocycles. The summed E-state index contributed by atoms with van der Waals surface area (Å²) in [4.78, 5) is 47.7. The van der Waals surface area contributed by atoms with Crippen molar-refractivity contribution in [3.63, 3.8) is 0 Å². The number of rotatable bonds is 11. The number of benzene rings is 2. The minimum absolute atomic E-state index is 0.00485. The van der Waals surface area contributed by atoms with Crippen LogP contribution < -0.4 is 5.32 Å². The number of ketones is 1. The molecule has 10 nitrogen and oxygen atoms in total. The number of carbonyl (C=O) groups excluding carboxylic acids is 3. The lowest BCUT2D eigenvalue weighted by molar-refractivity contribution is -0.261. The maximum absolute atomic E-state index is 15.1. The molecule has 1 amide bonds. The zero-order valence-corrected chi connectivity index (χ0v) is 31.7. The Bertz CT molecular complexity index is 1720. The molecule has 3 aromatic rings. The lowest BCUT2D eigenvalue weighted by Crippen LogP contribution is -2.71. The van der Waals surface area contributed by atoms with Crippen molar-refractivity contribution in [2.24, 2.45) is 5.92 Å². The van der Waals surface area contributed by atoms with Gasteiger partial charge in [-0.1, -0.05) is 41.4 Å². The number of Topliss-reactive ketones (excluding diaryl/α,β-unsaturated/α-hetero) is 1. The number of nitrogens with one attached hydrogen (secondary N) is 1. The Kier molecular flexibility index (Phi) is 11.8. The second kappa shape index (κ2) is 15.9. The maximum atomic E-state index is 15.1. The van der Waals surface area contributed by atoms with Crippen LogP contribution in [0.25, 0.3) is 11.0 Å². The largest absolute Gasteiger partial charge is 0.466 e. The number of fused-ring (bicyclic) bond motifs is 1. The first kappa shape index (κ1) is 37.8. The summed E-state index contributed by atoms with van der Waals surface area (Å²) in [5, 5.41) is 4.15. The number of hydrogen-bond acceptors (Lipinski definition) is 9. The minimum atomic E-state index is -1.30. The molecule has 3 aliphatic rings. The van der Waals surface area contributed by atoms with Gasteiger partial charge >= 0.3 is 5.97 Å². The average Bonchev–Trinajstić information content (AvgIpc) is 3.81. The molecule has 2 aromatic carbocycles. The highest BCUT2D eigenvalue weighted by molar-refractivity contribution is 6.36. The lowest BCUT2D eigenvalue weighted by Gasteiger charge is -2.53. The number of ether oxygens (including phenoxy) is 2. The number of carbonyl (C=O) groups is 3. The third-order valence-electron chi connectivity index (χ3n) is 10.6. The van der Waals surface area contributed by atoms with Crippen LogP contribution >= 0.6 is 23.2 Å². The lowest BCUT2D eigenvalue weighted by atomic mass is 9.87. The van der Waals surface area contributed by atoms with Crippen molar-refractivity contribution < 1.29 is 28.3 Å². The second-order valence-electron chi connectivity index (χ2n) is 14.9. The van der Waals surface area contributed by atoms with Crippen molar-refractivity contribution in [2.75, 3.05) is 51.2 Å². The first-order valence-electron chi connectivity index (χ1n) is 18.3. The highest BCUT2D eigenvalue weighted by atomic mass is 35.5. The summed E-state index contributed by atoms with van der Waals surface area (Å²) >= 11 is 13.6. The summed E-state index contributed by atoms with van der Waals surface area (Å²) in [5.41, 5.74) is 1.89. The van der Waals surface area contributed by atoms with E-state index in [0.717, 1.165) is 39.0 Å². The SMILES string of the molecule is CCOC(=O)[C@H]1CC[C@H](OC(C(=O)Cc2cc(Cl)c(NC(=O)c3coc4ccccc34)cc2Cl)(N2CCCC2)N2CCN(C(C)(C)C)CC2)CC1. The molecular weight excluding hydrogens is 691 g/mol. The van der Waals surface area contributed by atoms with E-state index in [1.165, 1.54) is 6.26 Å². The van der Waals surface area contributed by atoms with Crippen LogP contribution in [0.5, 0.6) is 0 Å². The zero-order chi connectivity index (χ0) is 36.3. The standard InChI is InChI=1S/C39H50Cl2N4O6/c1-5-49-37(48)26-12-14-28(15-13-26)51-39(44-16-8-9-17-44,45-20-18-43(19-21-45)38(2,3)4)35(46)23-27-22-32(41)33(24-31(27)40)42-36(47)30-25-50-34-11-7-6-10-29(30)34/h6-7,10-11,22,24-26,28H,5,8-9,12-21,23H2,1-4H3,(H,42,47)/t26-,28-,39?. The van der Waals surface area contributed by atoms with Crippen molar-refractivity contribution in [1.82, 2.24) is 14.7 Å². The molecule has 1 saturated carbocycles. The Morgan fingerprint density at radius 1 is 0.882 bits per heavy atom. The molecule has 0 bridgehead atoms. The maximum Gasteiger partial charge on any atom is 0.308 e. The summed E-state index contributed by atoms with van der Waals surface area (Å²) in [7, 11) is 0. The fourth-order valence-electron chi connectivity index (χ4n) is 7.83. The Labute approximate surface area is 310 Å². The summed E-state index contributed by atoms with van der Waals surface area (Å²) in [5.74, 6) is -2.08. The van der Waals surface area contributed by atoms with Crippen LogP contribution in [-0.2, 0) is 25.5 Å². The molecule has 2 aliphatic heterocycles. The number of anilines is 1. The van der Waals surface area contributed by atoms with Gasteiger partial charge in [-0.15, -0.1) is 0 Å². The summed E-state index contributed by atoms with van der Waals surface area (Å²) in [6, 6.07) is 10.6. The van der Waals surface area contributed by atoms with Gasteiger partial charge in [0.2, 0.25) is 5.85 Å². The van der Waals surface area contributed by atoms with Crippen LogP contribution in [0.2, 0.25) is 10.0 Å². The molecular formula is C39H50Cl2N4O6. The summed E-state index contributed by atoms with van der Waals surface area (Å²) in [6.45, 7) is 13.3. The predicted octanol–water partition coefficient (Wildman–Crippen LogP) is 7.41. The number of para-hydroxylation sites is 1.